The van der Waals surface area contributed by atoms with E-state index in [2.05, 4.69) is 6.58 Å². The Morgan fingerprint density at radius 1 is 1.35 bits per heavy atom. The van der Waals surface area contributed by atoms with Crippen molar-refractivity contribution in [1.82, 2.24) is 0 Å². The number of benzene rings is 1. The molecular formula is C15H18OS. The maximum atomic E-state index is 11.9. The molecule has 1 nitrogen and oxygen atoms in total. The molecule has 0 spiro atoms. The monoisotopic (exact) mass is 246 g/mol. The molecule has 0 aliphatic heterocycles. The first-order valence-electron chi connectivity index (χ1n) is 5.54. The highest BCUT2D eigenvalue weighted by Gasteiger charge is 2.00. The lowest BCUT2D eigenvalue weighted by molar-refractivity contribution is 0.685. The molecule has 0 amide bonds. The van der Waals surface area contributed by atoms with Gasteiger partial charge in [0, 0.05) is 10.6 Å². The molecule has 1 rings (SSSR count). The predicted molar refractivity (Wildman–Crippen MR) is 75.5 cm³/mol. The molecule has 1 aromatic rings. The smallest absolute Gasteiger partial charge is 0.0568 e. The summed E-state index contributed by atoms with van der Waals surface area (Å²) in [6.07, 6.45) is 7.57. The standard InChI is InChI=1S/C15H18OS/c1-4-6-13(2)7-5-12-17(16)15-10-8-14(3)9-11-15/h4-11H,1,12H2,2-3H3/b7-5-,13-6-. The number of allylic oxidation sites excluding steroid dienone is 4. The van der Waals surface area contributed by atoms with E-state index < -0.39 is 10.8 Å². The van der Waals surface area contributed by atoms with Crippen molar-refractivity contribution in [2.75, 3.05) is 5.75 Å². The zero-order valence-corrected chi connectivity index (χ0v) is 11.2. The summed E-state index contributed by atoms with van der Waals surface area (Å²) < 4.78 is 11.9. The van der Waals surface area contributed by atoms with E-state index in [0.717, 1.165) is 10.5 Å². The van der Waals surface area contributed by atoms with Crippen molar-refractivity contribution in [2.45, 2.75) is 18.7 Å². The Kier molecular flexibility index (Phi) is 5.64. The van der Waals surface area contributed by atoms with Gasteiger partial charge in [-0.25, -0.2) is 0 Å². The van der Waals surface area contributed by atoms with E-state index in [4.69, 9.17) is 0 Å². The fraction of sp³-hybridized carbons (Fsp3) is 0.200. The second-order valence-corrected chi connectivity index (χ2v) is 5.37. The van der Waals surface area contributed by atoms with Crippen molar-refractivity contribution >= 4 is 10.8 Å². The molecule has 90 valence electrons. The molecule has 0 aliphatic rings. The molecule has 0 bridgehead atoms. The second-order valence-electron chi connectivity index (χ2n) is 3.87. The minimum atomic E-state index is -0.952. The van der Waals surface area contributed by atoms with E-state index in [1.54, 1.807) is 6.08 Å². The Bertz CT molecular complexity index is 452. The second kappa shape index (κ2) is 7.02. The molecule has 0 heterocycles. The van der Waals surface area contributed by atoms with Crippen molar-refractivity contribution < 1.29 is 4.21 Å². The molecule has 0 saturated heterocycles. The van der Waals surface area contributed by atoms with Gasteiger partial charge in [0.15, 0.2) is 0 Å². The normalized spacial score (nSPS) is 13.9. The summed E-state index contributed by atoms with van der Waals surface area (Å²) in [5.41, 5.74) is 2.30. The van der Waals surface area contributed by atoms with E-state index in [0.29, 0.717) is 5.75 Å². The zero-order chi connectivity index (χ0) is 12.7. The molecule has 1 aromatic carbocycles. The van der Waals surface area contributed by atoms with Crippen LogP contribution in [0.4, 0.5) is 0 Å². The summed E-state index contributed by atoms with van der Waals surface area (Å²) in [6, 6.07) is 7.82. The summed E-state index contributed by atoms with van der Waals surface area (Å²) in [6.45, 7) is 7.65. The molecule has 0 aliphatic carbocycles. The van der Waals surface area contributed by atoms with E-state index in [9.17, 15) is 4.21 Å². The maximum Gasteiger partial charge on any atom is 0.0568 e. The van der Waals surface area contributed by atoms with Crippen molar-refractivity contribution in [2.24, 2.45) is 0 Å². The van der Waals surface area contributed by atoms with Crippen molar-refractivity contribution in [3.8, 4) is 0 Å². The Morgan fingerprint density at radius 2 is 2.00 bits per heavy atom. The molecule has 0 saturated carbocycles. The van der Waals surface area contributed by atoms with Gasteiger partial charge in [0.05, 0.1) is 10.8 Å². The first-order chi connectivity index (χ1) is 8.13. The predicted octanol–water partition coefficient (Wildman–Crippen LogP) is 3.79. The van der Waals surface area contributed by atoms with Gasteiger partial charge in [-0.1, -0.05) is 54.2 Å². The number of hydrogen-bond acceptors (Lipinski definition) is 1. The highest BCUT2D eigenvalue weighted by Crippen LogP contribution is 2.08. The summed E-state index contributed by atoms with van der Waals surface area (Å²) in [5, 5.41) is 0. The summed E-state index contributed by atoms with van der Waals surface area (Å²) >= 11 is 0. The number of rotatable bonds is 5. The third kappa shape index (κ3) is 4.96. The van der Waals surface area contributed by atoms with Crippen LogP contribution in [-0.2, 0) is 10.8 Å². The highest BCUT2D eigenvalue weighted by atomic mass is 32.2. The molecule has 2 heteroatoms. The van der Waals surface area contributed by atoms with E-state index in [1.807, 2.05) is 56.3 Å². The van der Waals surface area contributed by atoms with Crippen LogP contribution in [0.3, 0.4) is 0 Å². The summed E-state index contributed by atoms with van der Waals surface area (Å²) in [7, 11) is -0.952. The van der Waals surface area contributed by atoms with Gasteiger partial charge in [-0.2, -0.15) is 0 Å². The molecule has 1 unspecified atom stereocenters. The Morgan fingerprint density at radius 3 is 2.59 bits per heavy atom. The quantitative estimate of drug-likeness (QED) is 0.722. The number of hydrogen-bond donors (Lipinski definition) is 0. The van der Waals surface area contributed by atoms with Crippen LogP contribution in [0.5, 0.6) is 0 Å². The molecule has 0 aromatic heterocycles. The average molecular weight is 246 g/mol. The minimum absolute atomic E-state index is 0.547. The Labute approximate surface area is 106 Å². The van der Waals surface area contributed by atoms with Gasteiger partial charge in [0.25, 0.3) is 0 Å². The third-order valence-corrected chi connectivity index (χ3v) is 3.59. The SMILES string of the molecule is C=C/C=C(C)\C=C/CS(=O)c1ccc(C)cc1. The first kappa shape index (κ1) is 13.7. The van der Waals surface area contributed by atoms with Crippen LogP contribution >= 0.6 is 0 Å². The zero-order valence-electron chi connectivity index (χ0n) is 10.3. The van der Waals surface area contributed by atoms with Crippen molar-refractivity contribution in [3.63, 3.8) is 0 Å². The van der Waals surface area contributed by atoms with E-state index in [1.165, 1.54) is 5.56 Å². The van der Waals surface area contributed by atoms with Crippen molar-refractivity contribution in [1.29, 1.82) is 0 Å². The van der Waals surface area contributed by atoms with Crippen LogP contribution in [0.25, 0.3) is 0 Å². The van der Waals surface area contributed by atoms with Crippen LogP contribution in [-0.4, -0.2) is 9.96 Å². The van der Waals surface area contributed by atoms with Crippen LogP contribution < -0.4 is 0 Å². The fourth-order valence-corrected chi connectivity index (χ4v) is 2.25. The van der Waals surface area contributed by atoms with Gasteiger partial charge in [-0.3, -0.25) is 4.21 Å². The summed E-state index contributed by atoms with van der Waals surface area (Å²) in [5.74, 6) is 0.547. The maximum absolute atomic E-state index is 11.9. The Balaban J connectivity index is 2.59. The van der Waals surface area contributed by atoms with Crippen LogP contribution in [0.1, 0.15) is 12.5 Å². The van der Waals surface area contributed by atoms with Crippen molar-refractivity contribution in [3.05, 3.63) is 66.3 Å². The highest BCUT2D eigenvalue weighted by molar-refractivity contribution is 7.85. The minimum Gasteiger partial charge on any atom is -0.254 e. The lowest BCUT2D eigenvalue weighted by Gasteiger charge is -1.99. The lowest BCUT2D eigenvalue weighted by atomic mass is 10.2. The Hall–Kier alpha value is -1.41. The average Bonchev–Trinajstić information content (AvgIpc) is 2.30. The molecule has 1 atom stereocenters. The third-order valence-electron chi connectivity index (χ3n) is 2.29. The van der Waals surface area contributed by atoms with Gasteiger partial charge < -0.3 is 0 Å². The largest absolute Gasteiger partial charge is 0.254 e. The van der Waals surface area contributed by atoms with E-state index in [-0.39, 0.29) is 0 Å². The van der Waals surface area contributed by atoms with Crippen LogP contribution in [0, 0.1) is 6.92 Å². The van der Waals surface area contributed by atoms with Crippen LogP contribution in [0.2, 0.25) is 0 Å². The molecule has 0 N–H and O–H groups in total. The molecular weight excluding hydrogens is 228 g/mol. The van der Waals surface area contributed by atoms with Crippen LogP contribution in [0.15, 0.2) is 65.6 Å². The van der Waals surface area contributed by atoms with Gasteiger partial charge in [-0.15, -0.1) is 0 Å². The van der Waals surface area contributed by atoms with Gasteiger partial charge >= 0.3 is 0 Å². The topological polar surface area (TPSA) is 17.1 Å². The van der Waals surface area contributed by atoms with E-state index >= 15 is 0 Å². The molecule has 17 heavy (non-hydrogen) atoms. The summed E-state index contributed by atoms with van der Waals surface area (Å²) in [4.78, 5) is 0.880. The van der Waals surface area contributed by atoms with Gasteiger partial charge in [0.2, 0.25) is 0 Å². The molecule has 0 radical (unpaired) electrons. The first-order valence-corrected chi connectivity index (χ1v) is 6.86. The van der Waals surface area contributed by atoms with Gasteiger partial charge in [0.1, 0.15) is 0 Å². The van der Waals surface area contributed by atoms with Gasteiger partial charge in [-0.05, 0) is 26.0 Å². The number of aryl methyl sites for hydroxylation is 1. The molecule has 0 fully saturated rings. The lowest BCUT2D eigenvalue weighted by Crippen LogP contribution is -1.95. The fourth-order valence-electron chi connectivity index (χ4n) is 1.35.